The van der Waals surface area contributed by atoms with Crippen molar-refractivity contribution in [2.45, 2.75) is 18.8 Å². The minimum atomic E-state index is -0.0737. The van der Waals surface area contributed by atoms with Gasteiger partial charge in [0.05, 0.1) is 5.52 Å². The quantitative estimate of drug-likeness (QED) is 0.543. The monoisotopic (exact) mass is 407 g/mol. The summed E-state index contributed by atoms with van der Waals surface area (Å²) in [7, 11) is 0. The molecule has 2 aromatic heterocycles. The fourth-order valence-corrected chi connectivity index (χ4v) is 3.83. The number of likely N-dealkylation sites (tertiary alicyclic amines) is 1. The maximum atomic E-state index is 12.4. The van der Waals surface area contributed by atoms with Gasteiger partial charge in [-0.05, 0) is 30.2 Å². The molecule has 1 fully saturated rings. The Kier molecular flexibility index (Phi) is 4.52. The van der Waals surface area contributed by atoms with E-state index in [1.807, 2.05) is 53.4 Å². The van der Waals surface area contributed by atoms with Gasteiger partial charge in [-0.1, -0.05) is 47.1 Å². The molecule has 1 unspecified atom stereocenters. The Morgan fingerprint density at radius 1 is 1.17 bits per heavy atom. The number of fused-ring (bicyclic) bond motifs is 1. The number of hydrogen-bond donors (Lipinski definition) is 1. The van der Waals surface area contributed by atoms with Gasteiger partial charge in [-0.25, -0.2) is 0 Å². The first-order chi connectivity index (χ1) is 14.2. The van der Waals surface area contributed by atoms with Crippen LogP contribution in [0.2, 0.25) is 5.02 Å². The molecule has 1 amide bonds. The maximum absolute atomic E-state index is 12.4. The van der Waals surface area contributed by atoms with Gasteiger partial charge < -0.3 is 9.42 Å². The number of nitrogens with zero attached hydrogens (tertiary/aromatic N) is 4. The molecular formula is C21H18ClN5O2. The Labute approximate surface area is 171 Å². The van der Waals surface area contributed by atoms with Crippen LogP contribution < -0.4 is 0 Å². The molecule has 1 saturated heterocycles. The number of hydrogen-bond acceptors (Lipinski definition) is 5. The van der Waals surface area contributed by atoms with Gasteiger partial charge >= 0.3 is 0 Å². The van der Waals surface area contributed by atoms with Crippen LogP contribution in [0.5, 0.6) is 0 Å². The SMILES string of the molecule is O=C1CC(c2noc(-c3n[nH]c4ccccc34)n2)CN1CCc1ccc(Cl)cc1. The summed E-state index contributed by atoms with van der Waals surface area (Å²) in [4.78, 5) is 18.8. The van der Waals surface area contributed by atoms with E-state index in [1.165, 1.54) is 0 Å². The number of aromatic amines is 1. The third kappa shape index (κ3) is 3.49. The molecule has 0 saturated carbocycles. The summed E-state index contributed by atoms with van der Waals surface area (Å²) in [5.74, 6) is 0.954. The summed E-state index contributed by atoms with van der Waals surface area (Å²) >= 11 is 5.93. The third-order valence-corrected chi connectivity index (χ3v) is 5.53. The van der Waals surface area contributed by atoms with E-state index in [0.29, 0.717) is 41.9 Å². The molecule has 1 aliphatic heterocycles. The standard InChI is InChI=1S/C21H18ClN5O2/c22-15-7-5-13(6-8-15)9-10-27-12-14(11-18(27)28)20-23-21(29-26-20)19-16-3-1-2-4-17(16)24-25-19/h1-8,14H,9-12H2,(H,24,25). The molecule has 1 N–H and O–H groups in total. The molecule has 8 heteroatoms. The maximum Gasteiger partial charge on any atom is 0.279 e. The minimum absolute atomic E-state index is 0.0737. The largest absolute Gasteiger partial charge is 0.342 e. The van der Waals surface area contributed by atoms with E-state index in [4.69, 9.17) is 16.1 Å². The molecule has 2 aromatic carbocycles. The third-order valence-electron chi connectivity index (χ3n) is 5.28. The van der Waals surface area contributed by atoms with Gasteiger partial charge in [-0.3, -0.25) is 9.89 Å². The lowest BCUT2D eigenvalue weighted by Gasteiger charge is -2.15. The van der Waals surface area contributed by atoms with Crippen LogP contribution in [0.25, 0.3) is 22.5 Å². The normalized spacial score (nSPS) is 16.8. The molecule has 0 aliphatic carbocycles. The Bertz CT molecular complexity index is 1170. The van der Waals surface area contributed by atoms with Crippen LogP contribution >= 0.6 is 11.6 Å². The predicted octanol–water partition coefficient (Wildman–Crippen LogP) is 3.82. The molecule has 0 bridgehead atoms. The minimum Gasteiger partial charge on any atom is -0.342 e. The molecule has 3 heterocycles. The summed E-state index contributed by atoms with van der Waals surface area (Å²) < 4.78 is 5.45. The highest BCUT2D eigenvalue weighted by Gasteiger charge is 2.33. The van der Waals surface area contributed by atoms with Crippen LogP contribution in [-0.4, -0.2) is 44.2 Å². The van der Waals surface area contributed by atoms with Crippen molar-refractivity contribution in [1.82, 2.24) is 25.2 Å². The number of carbonyl (C=O) groups excluding carboxylic acids is 1. The van der Waals surface area contributed by atoms with Gasteiger partial charge in [0.1, 0.15) is 0 Å². The van der Waals surface area contributed by atoms with Crippen molar-refractivity contribution in [2.24, 2.45) is 0 Å². The van der Waals surface area contributed by atoms with E-state index >= 15 is 0 Å². The molecule has 1 atom stereocenters. The number of rotatable bonds is 5. The lowest BCUT2D eigenvalue weighted by atomic mass is 10.1. The number of benzene rings is 2. The zero-order valence-corrected chi connectivity index (χ0v) is 16.3. The van der Waals surface area contributed by atoms with Crippen LogP contribution in [0.15, 0.2) is 53.1 Å². The lowest BCUT2D eigenvalue weighted by Crippen LogP contribution is -2.27. The van der Waals surface area contributed by atoms with Crippen LogP contribution in [0, 0.1) is 0 Å². The highest BCUT2D eigenvalue weighted by atomic mass is 35.5. The van der Waals surface area contributed by atoms with Crippen LogP contribution in [0.3, 0.4) is 0 Å². The number of H-pyrrole nitrogens is 1. The van der Waals surface area contributed by atoms with Gasteiger partial charge in [-0.15, -0.1) is 0 Å². The Morgan fingerprint density at radius 3 is 2.86 bits per heavy atom. The number of nitrogens with one attached hydrogen (secondary N) is 1. The second-order valence-electron chi connectivity index (χ2n) is 7.19. The summed E-state index contributed by atoms with van der Waals surface area (Å²) in [5, 5.41) is 13.0. The summed E-state index contributed by atoms with van der Waals surface area (Å²) in [6.07, 6.45) is 1.17. The molecular weight excluding hydrogens is 390 g/mol. The molecule has 7 nitrogen and oxygen atoms in total. The van der Waals surface area contributed by atoms with Crippen LogP contribution in [-0.2, 0) is 11.2 Å². The topological polar surface area (TPSA) is 87.9 Å². The van der Waals surface area contributed by atoms with E-state index < -0.39 is 0 Å². The summed E-state index contributed by atoms with van der Waals surface area (Å²) in [6, 6.07) is 15.5. The molecule has 5 rings (SSSR count). The van der Waals surface area contributed by atoms with Gasteiger partial charge in [0.15, 0.2) is 11.5 Å². The van der Waals surface area contributed by atoms with E-state index in [0.717, 1.165) is 22.9 Å². The van der Waals surface area contributed by atoms with Crippen LogP contribution in [0.1, 0.15) is 23.7 Å². The van der Waals surface area contributed by atoms with Crippen molar-refractivity contribution in [2.75, 3.05) is 13.1 Å². The first-order valence-electron chi connectivity index (χ1n) is 9.46. The molecule has 146 valence electrons. The zero-order valence-electron chi connectivity index (χ0n) is 15.5. The van der Waals surface area contributed by atoms with Gasteiger partial charge in [-0.2, -0.15) is 10.1 Å². The average molecular weight is 408 g/mol. The summed E-state index contributed by atoms with van der Waals surface area (Å²) in [6.45, 7) is 1.25. The van der Waals surface area contributed by atoms with Crippen molar-refractivity contribution in [3.8, 4) is 11.6 Å². The van der Waals surface area contributed by atoms with Crippen molar-refractivity contribution in [3.05, 3.63) is 64.9 Å². The number of halogens is 1. The summed E-state index contributed by atoms with van der Waals surface area (Å²) in [5.41, 5.74) is 2.69. The number of aromatic nitrogens is 4. The van der Waals surface area contributed by atoms with E-state index in [-0.39, 0.29) is 11.8 Å². The van der Waals surface area contributed by atoms with Gasteiger partial charge in [0.2, 0.25) is 5.91 Å². The fourth-order valence-electron chi connectivity index (χ4n) is 3.70. The Hall–Kier alpha value is -3.19. The van der Waals surface area contributed by atoms with E-state index in [9.17, 15) is 4.79 Å². The predicted molar refractivity (Wildman–Crippen MR) is 108 cm³/mol. The first kappa shape index (κ1) is 17.9. The molecule has 1 aliphatic rings. The molecule has 0 radical (unpaired) electrons. The van der Waals surface area contributed by atoms with E-state index in [1.54, 1.807) is 0 Å². The van der Waals surface area contributed by atoms with Crippen molar-refractivity contribution >= 4 is 28.4 Å². The smallest absolute Gasteiger partial charge is 0.279 e. The first-order valence-corrected chi connectivity index (χ1v) is 9.84. The molecule has 4 aromatic rings. The van der Waals surface area contributed by atoms with E-state index in [2.05, 4.69) is 20.3 Å². The second-order valence-corrected chi connectivity index (χ2v) is 7.63. The van der Waals surface area contributed by atoms with Crippen molar-refractivity contribution < 1.29 is 9.32 Å². The molecule has 29 heavy (non-hydrogen) atoms. The highest BCUT2D eigenvalue weighted by Crippen LogP contribution is 2.30. The zero-order chi connectivity index (χ0) is 19.8. The van der Waals surface area contributed by atoms with Crippen LogP contribution in [0.4, 0.5) is 0 Å². The van der Waals surface area contributed by atoms with Crippen molar-refractivity contribution in [3.63, 3.8) is 0 Å². The Morgan fingerprint density at radius 2 is 2.00 bits per heavy atom. The highest BCUT2D eigenvalue weighted by molar-refractivity contribution is 6.30. The fraction of sp³-hybridized carbons (Fsp3) is 0.238. The van der Waals surface area contributed by atoms with Crippen molar-refractivity contribution in [1.29, 1.82) is 0 Å². The molecule has 0 spiro atoms. The average Bonchev–Trinajstić information content (AvgIpc) is 3.45. The number of amides is 1. The second kappa shape index (κ2) is 7.33. The lowest BCUT2D eigenvalue weighted by molar-refractivity contribution is -0.127. The Balaban J connectivity index is 1.28. The number of carbonyl (C=O) groups is 1. The van der Waals surface area contributed by atoms with Gasteiger partial charge in [0.25, 0.3) is 5.89 Å². The van der Waals surface area contributed by atoms with Gasteiger partial charge in [0, 0.05) is 35.8 Å². The number of para-hydroxylation sites is 1.